The van der Waals surface area contributed by atoms with Gasteiger partial charge in [-0.25, -0.2) is 4.98 Å². The second-order valence-corrected chi connectivity index (χ2v) is 4.09. The number of aryl methyl sites for hydroxylation is 1. The minimum atomic E-state index is -0.857. The molecular weight excluding hydrogens is 222 g/mol. The number of hydrogen-bond acceptors (Lipinski definition) is 4. The van der Waals surface area contributed by atoms with Crippen LogP contribution in [-0.2, 0) is 6.54 Å². The summed E-state index contributed by atoms with van der Waals surface area (Å²) in [5.41, 5.74) is 2.07. The summed E-state index contributed by atoms with van der Waals surface area (Å²) in [5, 5.41) is 18.9. The molecule has 92 valence electrons. The maximum atomic E-state index is 11.7. The summed E-state index contributed by atoms with van der Waals surface area (Å²) in [6.45, 7) is 3.61. The van der Waals surface area contributed by atoms with E-state index < -0.39 is 6.10 Å². The summed E-state index contributed by atoms with van der Waals surface area (Å²) in [7, 11) is 0. The van der Waals surface area contributed by atoms with Crippen LogP contribution in [0.4, 0.5) is 0 Å². The van der Waals surface area contributed by atoms with Gasteiger partial charge in [-0.05, 0) is 19.4 Å². The standard InChI is InChI=1S/C11H15N3O3/c1-6-7(2)14(3-8(16)4-15)10-9(6)11(17)13-5-12-10/h5,8,15-16H,3-4H2,1-2H3,(H,12,13,17). The number of aliphatic hydroxyl groups excluding tert-OH is 2. The Bertz CT molecular complexity index is 600. The summed E-state index contributed by atoms with van der Waals surface area (Å²) in [4.78, 5) is 18.4. The van der Waals surface area contributed by atoms with Crippen molar-refractivity contribution in [1.82, 2.24) is 14.5 Å². The lowest BCUT2D eigenvalue weighted by Crippen LogP contribution is -2.21. The highest BCUT2D eigenvalue weighted by atomic mass is 16.3. The topological polar surface area (TPSA) is 91.1 Å². The van der Waals surface area contributed by atoms with Crippen LogP contribution >= 0.6 is 0 Å². The maximum Gasteiger partial charge on any atom is 0.260 e. The van der Waals surface area contributed by atoms with Crippen molar-refractivity contribution >= 4 is 11.0 Å². The third-order valence-corrected chi connectivity index (χ3v) is 3.02. The Morgan fingerprint density at radius 3 is 2.88 bits per heavy atom. The van der Waals surface area contributed by atoms with Crippen molar-refractivity contribution in [2.24, 2.45) is 0 Å². The average molecular weight is 237 g/mol. The van der Waals surface area contributed by atoms with E-state index in [4.69, 9.17) is 5.11 Å². The van der Waals surface area contributed by atoms with Crippen LogP contribution in [0.25, 0.3) is 11.0 Å². The molecule has 0 aromatic carbocycles. The van der Waals surface area contributed by atoms with E-state index in [9.17, 15) is 9.90 Å². The highest BCUT2D eigenvalue weighted by molar-refractivity contribution is 5.80. The normalized spacial score (nSPS) is 13.2. The molecular formula is C11H15N3O3. The van der Waals surface area contributed by atoms with Gasteiger partial charge >= 0.3 is 0 Å². The van der Waals surface area contributed by atoms with Crippen molar-refractivity contribution in [2.45, 2.75) is 26.5 Å². The van der Waals surface area contributed by atoms with Crippen LogP contribution in [0.5, 0.6) is 0 Å². The van der Waals surface area contributed by atoms with Crippen molar-refractivity contribution < 1.29 is 10.2 Å². The van der Waals surface area contributed by atoms with Gasteiger partial charge in [-0.3, -0.25) is 4.79 Å². The minimum Gasteiger partial charge on any atom is -0.394 e. The van der Waals surface area contributed by atoms with Gasteiger partial charge in [0.25, 0.3) is 5.56 Å². The molecule has 0 saturated heterocycles. The zero-order chi connectivity index (χ0) is 12.6. The first-order chi connectivity index (χ1) is 8.06. The first-order valence-corrected chi connectivity index (χ1v) is 5.38. The second-order valence-electron chi connectivity index (χ2n) is 4.09. The van der Waals surface area contributed by atoms with Crippen LogP contribution in [0, 0.1) is 13.8 Å². The van der Waals surface area contributed by atoms with E-state index in [0.717, 1.165) is 11.3 Å². The molecule has 2 aromatic rings. The van der Waals surface area contributed by atoms with Crippen LogP contribution in [0.2, 0.25) is 0 Å². The summed E-state index contributed by atoms with van der Waals surface area (Å²) >= 11 is 0. The molecule has 17 heavy (non-hydrogen) atoms. The first kappa shape index (κ1) is 11.8. The maximum absolute atomic E-state index is 11.7. The minimum absolute atomic E-state index is 0.187. The smallest absolute Gasteiger partial charge is 0.260 e. The Morgan fingerprint density at radius 1 is 1.53 bits per heavy atom. The predicted molar refractivity (Wildman–Crippen MR) is 62.9 cm³/mol. The van der Waals surface area contributed by atoms with Gasteiger partial charge in [0, 0.05) is 5.69 Å². The molecule has 0 bridgehead atoms. The van der Waals surface area contributed by atoms with Crippen LogP contribution in [0.3, 0.4) is 0 Å². The lowest BCUT2D eigenvalue weighted by atomic mass is 10.2. The molecule has 1 unspecified atom stereocenters. The molecule has 3 N–H and O–H groups in total. The fourth-order valence-corrected chi connectivity index (χ4v) is 1.97. The second kappa shape index (κ2) is 4.31. The van der Waals surface area contributed by atoms with Crippen LogP contribution < -0.4 is 5.56 Å². The summed E-state index contributed by atoms with van der Waals surface area (Å²) in [6, 6.07) is 0. The number of nitrogens with one attached hydrogen (secondary N) is 1. The average Bonchev–Trinajstić information content (AvgIpc) is 2.55. The number of aromatic nitrogens is 3. The van der Waals surface area contributed by atoms with Gasteiger partial charge < -0.3 is 19.8 Å². The quantitative estimate of drug-likeness (QED) is 0.683. The monoisotopic (exact) mass is 237 g/mol. The molecule has 0 aliphatic rings. The molecule has 0 saturated carbocycles. The number of H-pyrrole nitrogens is 1. The van der Waals surface area contributed by atoms with E-state index in [-0.39, 0.29) is 18.7 Å². The van der Waals surface area contributed by atoms with Gasteiger partial charge in [0.2, 0.25) is 0 Å². The highest BCUT2D eigenvalue weighted by Crippen LogP contribution is 2.20. The van der Waals surface area contributed by atoms with Crippen molar-refractivity contribution in [3.05, 3.63) is 27.9 Å². The largest absolute Gasteiger partial charge is 0.394 e. The molecule has 2 aromatic heterocycles. The van der Waals surface area contributed by atoms with E-state index in [1.54, 1.807) is 4.57 Å². The van der Waals surface area contributed by atoms with E-state index >= 15 is 0 Å². The molecule has 0 amide bonds. The van der Waals surface area contributed by atoms with Crippen LogP contribution in [0.15, 0.2) is 11.1 Å². The first-order valence-electron chi connectivity index (χ1n) is 5.38. The lowest BCUT2D eigenvalue weighted by Gasteiger charge is -2.11. The highest BCUT2D eigenvalue weighted by Gasteiger charge is 2.16. The van der Waals surface area contributed by atoms with Gasteiger partial charge in [-0.15, -0.1) is 0 Å². The zero-order valence-corrected chi connectivity index (χ0v) is 9.77. The molecule has 6 heteroatoms. The molecule has 0 aliphatic heterocycles. The van der Waals surface area contributed by atoms with Gasteiger partial charge in [-0.1, -0.05) is 0 Å². The van der Waals surface area contributed by atoms with Crippen LogP contribution in [-0.4, -0.2) is 37.5 Å². The number of aromatic amines is 1. The Morgan fingerprint density at radius 2 is 2.24 bits per heavy atom. The third kappa shape index (κ3) is 1.85. The fourth-order valence-electron chi connectivity index (χ4n) is 1.97. The summed E-state index contributed by atoms with van der Waals surface area (Å²) in [6.07, 6.45) is 0.482. The zero-order valence-electron chi connectivity index (χ0n) is 9.77. The molecule has 1 atom stereocenters. The predicted octanol–water partition coefficient (Wildman–Crippen LogP) is -0.305. The number of hydrogen-bond donors (Lipinski definition) is 3. The number of nitrogens with zero attached hydrogens (tertiary/aromatic N) is 2. The van der Waals surface area contributed by atoms with Crippen molar-refractivity contribution in [1.29, 1.82) is 0 Å². The Balaban J connectivity index is 2.67. The van der Waals surface area contributed by atoms with E-state index in [1.165, 1.54) is 6.33 Å². The molecule has 2 heterocycles. The Kier molecular flexibility index (Phi) is 2.99. The number of fused-ring (bicyclic) bond motifs is 1. The Labute approximate surface area is 97.5 Å². The van der Waals surface area contributed by atoms with Gasteiger partial charge in [0.05, 0.1) is 31.0 Å². The van der Waals surface area contributed by atoms with Gasteiger partial charge in [0.1, 0.15) is 5.65 Å². The molecule has 0 fully saturated rings. The molecule has 0 aliphatic carbocycles. The molecule has 0 radical (unpaired) electrons. The molecule has 0 spiro atoms. The van der Waals surface area contributed by atoms with E-state index in [0.29, 0.717) is 11.0 Å². The van der Waals surface area contributed by atoms with E-state index in [1.807, 2.05) is 13.8 Å². The lowest BCUT2D eigenvalue weighted by molar-refractivity contribution is 0.0816. The van der Waals surface area contributed by atoms with Gasteiger partial charge in [0.15, 0.2) is 0 Å². The van der Waals surface area contributed by atoms with Crippen molar-refractivity contribution in [3.63, 3.8) is 0 Å². The van der Waals surface area contributed by atoms with Crippen molar-refractivity contribution in [3.8, 4) is 0 Å². The van der Waals surface area contributed by atoms with E-state index in [2.05, 4.69) is 9.97 Å². The summed E-state index contributed by atoms with van der Waals surface area (Å²) < 4.78 is 1.75. The number of aliphatic hydroxyl groups is 2. The molecule has 2 rings (SSSR count). The Hall–Kier alpha value is -1.66. The van der Waals surface area contributed by atoms with Gasteiger partial charge in [-0.2, -0.15) is 0 Å². The fraction of sp³-hybridized carbons (Fsp3) is 0.455. The third-order valence-electron chi connectivity index (χ3n) is 3.02. The van der Waals surface area contributed by atoms with Crippen LogP contribution in [0.1, 0.15) is 11.3 Å². The van der Waals surface area contributed by atoms with Crippen molar-refractivity contribution in [2.75, 3.05) is 6.61 Å². The number of rotatable bonds is 3. The SMILES string of the molecule is Cc1c(C)n(CC(O)CO)c2nc[nH]c(=O)c12. The molecule has 6 nitrogen and oxygen atoms in total. The summed E-state index contributed by atoms with van der Waals surface area (Å²) in [5.74, 6) is 0.